The first-order valence-corrected chi connectivity index (χ1v) is 3.71. The molecule has 0 saturated heterocycles. The highest BCUT2D eigenvalue weighted by molar-refractivity contribution is 5.16. The summed E-state index contributed by atoms with van der Waals surface area (Å²) in [6.07, 6.45) is 2.96. The van der Waals surface area contributed by atoms with Gasteiger partial charge in [0.2, 0.25) is 0 Å². The number of aliphatic hydroxyl groups excluding tert-OH is 1. The molecule has 0 bridgehead atoms. The highest BCUT2D eigenvalue weighted by Crippen LogP contribution is 2.15. The minimum atomic E-state index is -0.446. The van der Waals surface area contributed by atoms with Gasteiger partial charge in [-0.25, -0.2) is 4.39 Å². The third-order valence-corrected chi connectivity index (χ3v) is 1.64. The lowest BCUT2D eigenvalue weighted by atomic mass is 10.1. The first-order chi connectivity index (χ1) is 5.75. The van der Waals surface area contributed by atoms with Gasteiger partial charge in [0.1, 0.15) is 5.82 Å². The molecule has 0 fully saturated rings. The van der Waals surface area contributed by atoms with Gasteiger partial charge in [-0.15, -0.1) is 0 Å². The number of nitrogens with two attached hydrogens (primary N) is 1. The van der Waals surface area contributed by atoms with Crippen molar-refractivity contribution in [2.24, 2.45) is 5.73 Å². The normalized spacial score (nSPS) is 12.9. The number of halogens is 1. The summed E-state index contributed by atoms with van der Waals surface area (Å²) in [5, 5.41) is 8.57. The zero-order chi connectivity index (χ0) is 8.97. The molecular formula is C8H11FN2O. The minimum absolute atomic E-state index is 0.0388. The SMILES string of the molecule is N[C@@H](CCO)c1ccncc1F. The predicted octanol–water partition coefficient (Wildman–Crippen LogP) is 0.603. The third kappa shape index (κ3) is 1.99. The van der Waals surface area contributed by atoms with Crippen LogP contribution in [0, 0.1) is 5.82 Å². The number of rotatable bonds is 3. The molecule has 0 aromatic carbocycles. The lowest BCUT2D eigenvalue weighted by molar-refractivity contribution is 0.275. The van der Waals surface area contributed by atoms with Crippen LogP contribution in [0.5, 0.6) is 0 Å². The van der Waals surface area contributed by atoms with Gasteiger partial charge in [0.15, 0.2) is 0 Å². The number of aromatic nitrogens is 1. The van der Waals surface area contributed by atoms with E-state index >= 15 is 0 Å². The second kappa shape index (κ2) is 4.13. The Hall–Kier alpha value is -1.00. The average Bonchev–Trinajstić information content (AvgIpc) is 2.05. The Labute approximate surface area is 70.0 Å². The van der Waals surface area contributed by atoms with Crippen LogP contribution in [0.4, 0.5) is 4.39 Å². The van der Waals surface area contributed by atoms with Gasteiger partial charge in [-0.3, -0.25) is 4.98 Å². The second-order valence-corrected chi connectivity index (χ2v) is 2.52. The highest BCUT2D eigenvalue weighted by Gasteiger charge is 2.09. The average molecular weight is 170 g/mol. The smallest absolute Gasteiger partial charge is 0.146 e. The number of aliphatic hydroxyl groups is 1. The fourth-order valence-corrected chi connectivity index (χ4v) is 0.981. The Morgan fingerprint density at radius 2 is 2.42 bits per heavy atom. The molecule has 66 valence electrons. The van der Waals surface area contributed by atoms with Crippen molar-refractivity contribution in [3.63, 3.8) is 0 Å². The van der Waals surface area contributed by atoms with E-state index in [-0.39, 0.29) is 6.61 Å². The number of hydrogen-bond donors (Lipinski definition) is 2. The second-order valence-electron chi connectivity index (χ2n) is 2.52. The molecule has 0 aliphatic rings. The van der Waals surface area contributed by atoms with E-state index in [2.05, 4.69) is 4.98 Å². The van der Waals surface area contributed by atoms with Crippen LogP contribution in [0.1, 0.15) is 18.0 Å². The zero-order valence-corrected chi connectivity index (χ0v) is 6.57. The van der Waals surface area contributed by atoms with Crippen molar-refractivity contribution in [3.05, 3.63) is 29.8 Å². The summed E-state index contributed by atoms with van der Waals surface area (Å²) >= 11 is 0. The molecule has 0 aliphatic heterocycles. The molecule has 1 rings (SSSR count). The molecule has 0 saturated carbocycles. The lowest BCUT2D eigenvalue weighted by Crippen LogP contribution is -2.13. The Bertz CT molecular complexity index is 255. The molecular weight excluding hydrogens is 159 g/mol. The molecule has 12 heavy (non-hydrogen) atoms. The molecule has 1 aromatic rings. The molecule has 1 aromatic heterocycles. The third-order valence-electron chi connectivity index (χ3n) is 1.64. The van der Waals surface area contributed by atoms with E-state index < -0.39 is 11.9 Å². The van der Waals surface area contributed by atoms with Gasteiger partial charge in [-0.05, 0) is 12.5 Å². The summed E-state index contributed by atoms with van der Waals surface area (Å²) in [4.78, 5) is 3.59. The topological polar surface area (TPSA) is 59.1 Å². The molecule has 1 heterocycles. The summed E-state index contributed by atoms with van der Waals surface area (Å²) in [6.45, 7) is -0.0388. The minimum Gasteiger partial charge on any atom is -0.396 e. The van der Waals surface area contributed by atoms with Crippen LogP contribution in [-0.4, -0.2) is 16.7 Å². The van der Waals surface area contributed by atoms with Crippen molar-refractivity contribution in [1.82, 2.24) is 4.98 Å². The van der Waals surface area contributed by atoms with Crippen molar-refractivity contribution < 1.29 is 9.50 Å². The van der Waals surface area contributed by atoms with E-state index in [1.165, 1.54) is 12.3 Å². The Balaban J connectivity index is 2.79. The summed E-state index contributed by atoms with van der Waals surface area (Å²) < 4.78 is 12.9. The van der Waals surface area contributed by atoms with Crippen LogP contribution in [0.3, 0.4) is 0 Å². The van der Waals surface area contributed by atoms with E-state index in [0.29, 0.717) is 12.0 Å². The van der Waals surface area contributed by atoms with Crippen molar-refractivity contribution in [1.29, 1.82) is 0 Å². The van der Waals surface area contributed by atoms with Crippen LogP contribution in [-0.2, 0) is 0 Å². The lowest BCUT2D eigenvalue weighted by Gasteiger charge is -2.09. The zero-order valence-electron chi connectivity index (χ0n) is 6.57. The molecule has 3 nitrogen and oxygen atoms in total. The summed E-state index contributed by atoms with van der Waals surface area (Å²) in [7, 11) is 0. The van der Waals surface area contributed by atoms with Crippen molar-refractivity contribution in [2.75, 3.05) is 6.61 Å². The van der Waals surface area contributed by atoms with Gasteiger partial charge in [-0.2, -0.15) is 0 Å². The molecule has 0 spiro atoms. The predicted molar refractivity (Wildman–Crippen MR) is 42.8 cm³/mol. The van der Waals surface area contributed by atoms with Gasteiger partial charge in [0.05, 0.1) is 6.20 Å². The van der Waals surface area contributed by atoms with Crippen LogP contribution in [0.25, 0.3) is 0 Å². The number of hydrogen-bond acceptors (Lipinski definition) is 3. The van der Waals surface area contributed by atoms with E-state index in [1.807, 2.05) is 0 Å². The number of pyridine rings is 1. The molecule has 1 atom stereocenters. The summed E-state index contributed by atoms with van der Waals surface area (Å²) in [6, 6.07) is 1.08. The highest BCUT2D eigenvalue weighted by atomic mass is 19.1. The fraction of sp³-hybridized carbons (Fsp3) is 0.375. The molecule has 0 amide bonds. The first-order valence-electron chi connectivity index (χ1n) is 3.71. The van der Waals surface area contributed by atoms with Crippen LogP contribution >= 0.6 is 0 Å². The van der Waals surface area contributed by atoms with Crippen LogP contribution in [0.15, 0.2) is 18.5 Å². The molecule has 0 aliphatic carbocycles. The van der Waals surface area contributed by atoms with E-state index in [9.17, 15) is 4.39 Å². The van der Waals surface area contributed by atoms with Gasteiger partial charge >= 0.3 is 0 Å². The first kappa shape index (κ1) is 9.09. The summed E-state index contributed by atoms with van der Waals surface area (Å²) in [5.41, 5.74) is 5.98. The standard InChI is InChI=1S/C8H11FN2O/c9-7-5-11-3-1-6(7)8(10)2-4-12/h1,3,5,8,12H,2,4,10H2/t8-/m0/s1. The van der Waals surface area contributed by atoms with Gasteiger partial charge in [-0.1, -0.05) is 0 Å². The quantitative estimate of drug-likeness (QED) is 0.698. The maximum Gasteiger partial charge on any atom is 0.146 e. The maximum absolute atomic E-state index is 12.9. The molecule has 0 unspecified atom stereocenters. The number of nitrogens with zero attached hydrogens (tertiary/aromatic N) is 1. The van der Waals surface area contributed by atoms with E-state index in [0.717, 1.165) is 6.20 Å². The van der Waals surface area contributed by atoms with Crippen LogP contribution < -0.4 is 5.73 Å². The van der Waals surface area contributed by atoms with Crippen molar-refractivity contribution in [2.45, 2.75) is 12.5 Å². The Kier molecular flexibility index (Phi) is 3.13. The summed E-state index contributed by atoms with van der Waals surface area (Å²) in [5.74, 6) is -0.418. The fourth-order valence-electron chi connectivity index (χ4n) is 0.981. The van der Waals surface area contributed by atoms with Gasteiger partial charge in [0, 0.05) is 24.4 Å². The van der Waals surface area contributed by atoms with E-state index in [4.69, 9.17) is 10.8 Å². The van der Waals surface area contributed by atoms with Gasteiger partial charge < -0.3 is 10.8 Å². The van der Waals surface area contributed by atoms with Crippen molar-refractivity contribution in [3.8, 4) is 0 Å². The maximum atomic E-state index is 12.9. The largest absolute Gasteiger partial charge is 0.396 e. The van der Waals surface area contributed by atoms with E-state index in [1.54, 1.807) is 0 Å². The van der Waals surface area contributed by atoms with Crippen LogP contribution in [0.2, 0.25) is 0 Å². The molecule has 4 heteroatoms. The Morgan fingerprint density at radius 1 is 1.67 bits per heavy atom. The Morgan fingerprint density at radius 3 is 3.00 bits per heavy atom. The monoisotopic (exact) mass is 170 g/mol. The van der Waals surface area contributed by atoms with Crippen molar-refractivity contribution >= 4 is 0 Å². The van der Waals surface area contributed by atoms with Gasteiger partial charge in [0.25, 0.3) is 0 Å². The molecule has 0 radical (unpaired) electrons. The molecule has 3 N–H and O–H groups in total.